The van der Waals surface area contributed by atoms with E-state index in [1.165, 1.54) is 0 Å². The minimum Gasteiger partial charge on any atom is -0.381 e. The van der Waals surface area contributed by atoms with Gasteiger partial charge in [0, 0.05) is 50.8 Å². The predicted octanol–water partition coefficient (Wildman–Crippen LogP) is 1.76. The summed E-state index contributed by atoms with van der Waals surface area (Å²) in [6.07, 6.45) is 8.02. The van der Waals surface area contributed by atoms with E-state index in [4.69, 9.17) is 4.74 Å². The van der Waals surface area contributed by atoms with Crippen molar-refractivity contribution in [2.45, 2.75) is 37.8 Å². The van der Waals surface area contributed by atoms with Crippen molar-refractivity contribution in [3.05, 3.63) is 24.5 Å². The fraction of sp³-hybridized carbons (Fsp3) is 0.588. The molecule has 0 radical (unpaired) electrons. The van der Waals surface area contributed by atoms with Crippen LogP contribution in [-0.4, -0.2) is 53.3 Å². The number of rotatable bonds is 3. The van der Waals surface area contributed by atoms with Crippen molar-refractivity contribution >= 4 is 17.0 Å². The normalized spacial score (nSPS) is 21.0. The molecule has 0 bridgehead atoms. The molecular formula is C17H23N5O. The minimum absolute atomic E-state index is 0.620. The quantitative estimate of drug-likeness (QED) is 0.931. The van der Waals surface area contributed by atoms with Crippen molar-refractivity contribution in [2.24, 2.45) is 0 Å². The van der Waals surface area contributed by atoms with E-state index in [1.54, 1.807) is 12.4 Å². The van der Waals surface area contributed by atoms with Crippen LogP contribution in [0.1, 0.15) is 25.7 Å². The Morgan fingerprint density at radius 2 is 1.70 bits per heavy atom. The molecule has 2 aliphatic rings. The third-order valence-corrected chi connectivity index (χ3v) is 4.83. The molecule has 0 aromatic carbocycles. The maximum atomic E-state index is 5.43. The van der Waals surface area contributed by atoms with Crippen LogP contribution in [0, 0.1) is 0 Å². The van der Waals surface area contributed by atoms with Crippen LogP contribution in [0.3, 0.4) is 0 Å². The van der Waals surface area contributed by atoms with Crippen molar-refractivity contribution in [2.75, 3.05) is 31.2 Å². The van der Waals surface area contributed by atoms with E-state index in [0.717, 1.165) is 69.0 Å². The molecule has 4 rings (SSSR count). The first-order valence-electron chi connectivity index (χ1n) is 8.55. The number of piperidine rings is 1. The molecule has 0 atom stereocenters. The Balaban J connectivity index is 1.36. The maximum Gasteiger partial charge on any atom is 0.180 e. The first-order valence-corrected chi connectivity index (χ1v) is 8.55. The molecule has 0 spiro atoms. The number of hydrogen-bond acceptors (Lipinski definition) is 6. The second kappa shape index (κ2) is 6.76. The van der Waals surface area contributed by atoms with Gasteiger partial charge in [-0.1, -0.05) is 0 Å². The summed E-state index contributed by atoms with van der Waals surface area (Å²) >= 11 is 0. The number of nitrogens with one attached hydrogen (secondary N) is 1. The van der Waals surface area contributed by atoms with Gasteiger partial charge in [-0.15, -0.1) is 0 Å². The smallest absolute Gasteiger partial charge is 0.180 e. The molecular weight excluding hydrogens is 290 g/mol. The second-order valence-corrected chi connectivity index (χ2v) is 6.38. The molecule has 2 aliphatic heterocycles. The number of nitrogens with zero attached hydrogens (tertiary/aromatic N) is 4. The lowest BCUT2D eigenvalue weighted by molar-refractivity contribution is 0.0738. The monoisotopic (exact) mass is 313 g/mol. The molecule has 6 nitrogen and oxygen atoms in total. The van der Waals surface area contributed by atoms with Crippen LogP contribution in [0.25, 0.3) is 11.2 Å². The largest absolute Gasteiger partial charge is 0.381 e. The maximum absolute atomic E-state index is 5.43. The summed E-state index contributed by atoms with van der Waals surface area (Å²) in [7, 11) is 0. The standard InChI is InChI=1S/C17H23N5O/c1-2-16(21-17-15(1)18-7-8-19-17)22-9-3-13(4-10-22)20-14-5-11-23-12-6-14/h1-2,7-8,13-14,20H,3-6,9-12H2. The molecule has 0 unspecified atom stereocenters. The third kappa shape index (κ3) is 3.43. The zero-order chi connectivity index (χ0) is 15.5. The van der Waals surface area contributed by atoms with E-state index < -0.39 is 0 Å². The molecule has 23 heavy (non-hydrogen) atoms. The van der Waals surface area contributed by atoms with Gasteiger partial charge >= 0.3 is 0 Å². The van der Waals surface area contributed by atoms with Crippen LogP contribution >= 0.6 is 0 Å². The Bertz CT molecular complexity index is 650. The highest BCUT2D eigenvalue weighted by molar-refractivity contribution is 5.71. The summed E-state index contributed by atoms with van der Waals surface area (Å²) in [6.45, 7) is 3.89. The van der Waals surface area contributed by atoms with Crippen LogP contribution in [-0.2, 0) is 4.74 Å². The highest BCUT2D eigenvalue weighted by Crippen LogP contribution is 2.21. The lowest BCUT2D eigenvalue weighted by Crippen LogP contribution is -2.47. The van der Waals surface area contributed by atoms with Crippen LogP contribution in [0.4, 0.5) is 5.82 Å². The van der Waals surface area contributed by atoms with Crippen LogP contribution < -0.4 is 10.2 Å². The molecule has 0 aliphatic carbocycles. The molecule has 1 N–H and O–H groups in total. The molecule has 6 heteroatoms. The third-order valence-electron chi connectivity index (χ3n) is 4.83. The molecule has 122 valence electrons. The Kier molecular flexibility index (Phi) is 4.35. The number of pyridine rings is 1. The first-order chi connectivity index (χ1) is 11.4. The van der Waals surface area contributed by atoms with Gasteiger partial charge in [0.15, 0.2) is 5.65 Å². The SMILES string of the molecule is c1cnc2nc(N3CCC(NC4CCOCC4)CC3)ccc2n1. The zero-order valence-electron chi connectivity index (χ0n) is 13.3. The number of hydrogen-bond donors (Lipinski definition) is 1. The summed E-state index contributed by atoms with van der Waals surface area (Å²) in [4.78, 5) is 15.6. The van der Waals surface area contributed by atoms with Crippen molar-refractivity contribution in [1.29, 1.82) is 0 Å². The fourth-order valence-electron chi connectivity index (χ4n) is 3.49. The fourth-order valence-corrected chi connectivity index (χ4v) is 3.49. The van der Waals surface area contributed by atoms with Gasteiger partial charge in [-0.25, -0.2) is 9.97 Å². The van der Waals surface area contributed by atoms with Gasteiger partial charge in [-0.2, -0.15) is 0 Å². The van der Waals surface area contributed by atoms with Crippen LogP contribution in [0.5, 0.6) is 0 Å². The molecule has 2 aromatic rings. The Morgan fingerprint density at radius 1 is 0.957 bits per heavy atom. The number of aromatic nitrogens is 3. The average molecular weight is 313 g/mol. The lowest BCUT2D eigenvalue weighted by Gasteiger charge is -2.36. The van der Waals surface area contributed by atoms with E-state index >= 15 is 0 Å². The highest BCUT2D eigenvalue weighted by Gasteiger charge is 2.23. The van der Waals surface area contributed by atoms with Gasteiger partial charge in [0.05, 0.1) is 0 Å². The summed E-state index contributed by atoms with van der Waals surface area (Å²) in [5, 5.41) is 3.81. The summed E-state index contributed by atoms with van der Waals surface area (Å²) in [5.41, 5.74) is 1.58. The topological polar surface area (TPSA) is 63.2 Å². The predicted molar refractivity (Wildman–Crippen MR) is 89.5 cm³/mol. The Labute approximate surface area is 136 Å². The zero-order valence-corrected chi connectivity index (χ0v) is 13.3. The van der Waals surface area contributed by atoms with Gasteiger partial charge in [0.25, 0.3) is 0 Å². The lowest BCUT2D eigenvalue weighted by atomic mass is 10.0. The summed E-state index contributed by atoms with van der Waals surface area (Å²) < 4.78 is 5.43. The van der Waals surface area contributed by atoms with E-state index in [9.17, 15) is 0 Å². The molecule has 4 heterocycles. The second-order valence-electron chi connectivity index (χ2n) is 6.38. The van der Waals surface area contributed by atoms with E-state index in [1.807, 2.05) is 6.07 Å². The summed E-state index contributed by atoms with van der Waals surface area (Å²) in [6, 6.07) is 5.32. The molecule has 2 aromatic heterocycles. The number of fused-ring (bicyclic) bond motifs is 1. The van der Waals surface area contributed by atoms with Gasteiger partial charge in [-0.05, 0) is 37.8 Å². The van der Waals surface area contributed by atoms with Gasteiger partial charge in [0.1, 0.15) is 11.3 Å². The van der Waals surface area contributed by atoms with Gasteiger partial charge in [0.2, 0.25) is 0 Å². The minimum atomic E-state index is 0.620. The Hall–Kier alpha value is -1.79. The van der Waals surface area contributed by atoms with Crippen molar-refractivity contribution < 1.29 is 4.74 Å². The summed E-state index contributed by atoms with van der Waals surface area (Å²) in [5.74, 6) is 1.02. The van der Waals surface area contributed by atoms with Crippen LogP contribution in [0.2, 0.25) is 0 Å². The van der Waals surface area contributed by atoms with Gasteiger partial charge in [-0.3, -0.25) is 4.98 Å². The molecule has 0 amide bonds. The van der Waals surface area contributed by atoms with Crippen LogP contribution in [0.15, 0.2) is 24.5 Å². The van der Waals surface area contributed by atoms with Gasteiger partial charge < -0.3 is 15.0 Å². The highest BCUT2D eigenvalue weighted by atomic mass is 16.5. The number of anilines is 1. The van der Waals surface area contributed by atoms with E-state index in [0.29, 0.717) is 12.1 Å². The Morgan fingerprint density at radius 3 is 2.52 bits per heavy atom. The van der Waals surface area contributed by atoms with Crippen molar-refractivity contribution in [3.63, 3.8) is 0 Å². The van der Waals surface area contributed by atoms with Crippen molar-refractivity contribution in [3.8, 4) is 0 Å². The van der Waals surface area contributed by atoms with E-state index in [2.05, 4.69) is 31.2 Å². The average Bonchev–Trinajstić information content (AvgIpc) is 2.63. The molecule has 2 fully saturated rings. The first kappa shape index (κ1) is 14.8. The molecule has 2 saturated heterocycles. The molecule has 0 saturated carbocycles. The van der Waals surface area contributed by atoms with E-state index in [-0.39, 0.29) is 0 Å². The number of ether oxygens (including phenoxy) is 1. The van der Waals surface area contributed by atoms with Crippen molar-refractivity contribution in [1.82, 2.24) is 20.3 Å².